The summed E-state index contributed by atoms with van der Waals surface area (Å²) in [5.41, 5.74) is 2.07. The lowest BCUT2D eigenvalue weighted by molar-refractivity contribution is 0.0689. The van der Waals surface area contributed by atoms with Gasteiger partial charge in [-0.15, -0.1) is 11.6 Å². The average molecular weight is 374 g/mol. The predicted octanol–water partition coefficient (Wildman–Crippen LogP) is 4.24. The number of hydrogen-bond donors (Lipinski definition) is 1. The van der Waals surface area contributed by atoms with Crippen LogP contribution in [0, 0.1) is 11.3 Å². The smallest absolute Gasteiger partial charge is 0.356 e. The van der Waals surface area contributed by atoms with E-state index in [2.05, 4.69) is 5.10 Å². The summed E-state index contributed by atoms with van der Waals surface area (Å²) >= 11 is 12.4. The molecule has 0 radical (unpaired) electrons. The Labute approximate surface area is 154 Å². The zero-order valence-electron chi connectivity index (χ0n) is 13.0. The Kier molecular flexibility index (Phi) is 4.93. The molecule has 0 amide bonds. The van der Waals surface area contributed by atoms with Crippen LogP contribution in [0.5, 0.6) is 0 Å². The highest BCUT2D eigenvalue weighted by molar-refractivity contribution is 6.32. The van der Waals surface area contributed by atoms with Gasteiger partial charge in [-0.1, -0.05) is 42.0 Å². The minimum atomic E-state index is -1.19. The van der Waals surface area contributed by atoms with E-state index >= 15 is 0 Å². The number of carboxylic acid groups (broad SMARTS) is 1. The normalized spacial score (nSPS) is 16.4. The largest absolute Gasteiger partial charge is 0.476 e. The lowest BCUT2D eigenvalue weighted by Gasteiger charge is -2.15. The summed E-state index contributed by atoms with van der Waals surface area (Å²) in [5, 5.41) is 23.2. The van der Waals surface area contributed by atoms with Crippen LogP contribution in [0.25, 0.3) is 11.3 Å². The van der Waals surface area contributed by atoms with E-state index < -0.39 is 5.97 Å². The Morgan fingerprint density at radius 3 is 2.80 bits per heavy atom. The first kappa shape index (κ1) is 17.3. The monoisotopic (exact) mass is 373 g/mol. The van der Waals surface area contributed by atoms with Crippen LogP contribution >= 0.6 is 23.2 Å². The maximum atomic E-state index is 11.6. The number of nitrogens with zero attached hydrogens (tertiary/aromatic N) is 3. The number of halogens is 2. The number of carboxylic acids is 1. The number of benzene rings is 1. The minimum absolute atomic E-state index is 0.0725. The average Bonchev–Trinajstić information content (AvgIpc) is 2.96. The van der Waals surface area contributed by atoms with Crippen molar-refractivity contribution < 1.29 is 9.90 Å². The second kappa shape index (κ2) is 7.14. The fraction of sp³-hybridized carbons (Fsp3) is 0.167. The van der Waals surface area contributed by atoms with Crippen molar-refractivity contribution >= 4 is 34.7 Å². The molecule has 0 saturated heterocycles. The number of rotatable bonds is 4. The molecular weight excluding hydrogens is 361 g/mol. The van der Waals surface area contributed by atoms with Crippen LogP contribution in [0.4, 0.5) is 0 Å². The molecule has 1 atom stereocenters. The number of aromatic nitrogens is 2. The molecule has 3 rings (SSSR count). The van der Waals surface area contributed by atoms with Gasteiger partial charge in [0.1, 0.15) is 0 Å². The van der Waals surface area contributed by atoms with Gasteiger partial charge in [0.2, 0.25) is 0 Å². The zero-order chi connectivity index (χ0) is 18.0. The van der Waals surface area contributed by atoms with Gasteiger partial charge >= 0.3 is 5.97 Å². The first-order valence-electron chi connectivity index (χ1n) is 7.52. The van der Waals surface area contributed by atoms with Crippen molar-refractivity contribution in [2.75, 3.05) is 0 Å². The molecule has 0 fully saturated rings. The van der Waals surface area contributed by atoms with Crippen molar-refractivity contribution in [3.63, 3.8) is 0 Å². The van der Waals surface area contributed by atoms with Crippen molar-refractivity contribution in [2.24, 2.45) is 0 Å². The van der Waals surface area contributed by atoms with Crippen LogP contribution in [0.15, 0.2) is 42.5 Å². The molecule has 1 N–H and O–H groups in total. The molecule has 1 heterocycles. The number of hydrogen-bond acceptors (Lipinski definition) is 3. The van der Waals surface area contributed by atoms with Gasteiger partial charge in [0.25, 0.3) is 0 Å². The lowest BCUT2D eigenvalue weighted by Crippen LogP contribution is -2.06. The van der Waals surface area contributed by atoms with Crippen molar-refractivity contribution in [1.29, 1.82) is 5.26 Å². The van der Waals surface area contributed by atoms with E-state index in [4.69, 9.17) is 28.5 Å². The molecule has 5 nitrogen and oxygen atoms in total. The summed E-state index contributed by atoms with van der Waals surface area (Å²) in [5.74, 6) is -1.19. The molecule has 1 aliphatic rings. The van der Waals surface area contributed by atoms with Crippen molar-refractivity contribution in [1.82, 2.24) is 9.78 Å². The van der Waals surface area contributed by atoms with E-state index in [1.807, 2.05) is 24.3 Å². The van der Waals surface area contributed by atoms with E-state index in [1.165, 1.54) is 4.68 Å². The van der Waals surface area contributed by atoms with Crippen molar-refractivity contribution in [2.45, 2.75) is 18.2 Å². The van der Waals surface area contributed by atoms with Crippen LogP contribution in [0.2, 0.25) is 5.02 Å². The number of allylic oxidation sites excluding steroid dienone is 4. The quantitative estimate of drug-likeness (QED) is 0.812. The molecule has 1 aliphatic carbocycles. The highest BCUT2D eigenvalue weighted by Gasteiger charge is 2.26. The van der Waals surface area contributed by atoms with Crippen LogP contribution in [-0.4, -0.2) is 26.2 Å². The van der Waals surface area contributed by atoms with E-state index in [0.29, 0.717) is 28.4 Å². The van der Waals surface area contributed by atoms with Gasteiger partial charge in [-0.25, -0.2) is 9.48 Å². The first-order valence-corrected chi connectivity index (χ1v) is 8.34. The number of alkyl halides is 1. The van der Waals surface area contributed by atoms with E-state index in [0.717, 1.165) is 5.57 Å². The van der Waals surface area contributed by atoms with Gasteiger partial charge in [0.05, 0.1) is 34.3 Å². The van der Waals surface area contributed by atoms with Gasteiger partial charge in [-0.3, -0.25) is 0 Å². The Morgan fingerprint density at radius 1 is 1.44 bits per heavy atom. The second-order valence-electron chi connectivity index (χ2n) is 5.45. The number of carbonyl (C=O) groups is 1. The predicted molar refractivity (Wildman–Crippen MR) is 96.2 cm³/mol. The second-order valence-corrected chi connectivity index (χ2v) is 6.42. The van der Waals surface area contributed by atoms with Crippen molar-refractivity contribution in [3.05, 3.63) is 64.5 Å². The van der Waals surface area contributed by atoms with Gasteiger partial charge in [0.15, 0.2) is 5.69 Å². The van der Waals surface area contributed by atoms with Gasteiger partial charge in [-0.2, -0.15) is 10.4 Å². The maximum Gasteiger partial charge on any atom is 0.356 e. The van der Waals surface area contributed by atoms with Crippen LogP contribution in [-0.2, 0) is 6.42 Å². The summed E-state index contributed by atoms with van der Waals surface area (Å²) in [7, 11) is 0. The molecule has 1 aromatic heterocycles. The molecule has 25 heavy (non-hydrogen) atoms. The Balaban J connectivity index is 2.29. The number of para-hydroxylation sites is 1. The van der Waals surface area contributed by atoms with Crippen molar-refractivity contribution in [3.8, 4) is 11.8 Å². The number of nitriles is 1. The maximum absolute atomic E-state index is 11.6. The van der Waals surface area contributed by atoms with Crippen LogP contribution in [0.1, 0.15) is 28.2 Å². The third kappa shape index (κ3) is 3.32. The summed E-state index contributed by atoms with van der Waals surface area (Å²) in [6, 6.07) is 9.04. The molecule has 1 unspecified atom stereocenters. The van der Waals surface area contributed by atoms with E-state index in [1.54, 1.807) is 24.3 Å². The zero-order valence-corrected chi connectivity index (χ0v) is 14.5. The molecule has 0 aliphatic heterocycles. The fourth-order valence-corrected chi connectivity index (χ4v) is 3.11. The third-order valence-corrected chi connectivity index (χ3v) is 4.49. The summed E-state index contributed by atoms with van der Waals surface area (Å²) in [6.45, 7) is 0. The molecule has 126 valence electrons. The highest BCUT2D eigenvalue weighted by Crippen LogP contribution is 2.32. The molecular formula is C18H13Cl2N3O2. The molecule has 0 spiro atoms. The SMILES string of the molecule is N#CCc1c(C(=O)O)nn(-c2ccccc2Cl)c1C1=CCC(Cl)C=C1. The first-order chi connectivity index (χ1) is 12.0. The Morgan fingerprint density at radius 2 is 2.20 bits per heavy atom. The van der Waals surface area contributed by atoms with Gasteiger partial charge in [0, 0.05) is 5.56 Å². The van der Waals surface area contributed by atoms with E-state index in [-0.39, 0.29) is 17.5 Å². The standard InChI is InChI=1S/C18H13Cl2N3O2/c19-12-7-5-11(6-8-12)17-13(9-10-21)16(18(24)25)22-23(17)15-4-2-1-3-14(15)20/h1-7,12H,8-9H2,(H,24,25). The van der Waals surface area contributed by atoms with Gasteiger partial charge in [-0.05, 0) is 24.1 Å². The molecule has 2 aromatic rings. The highest BCUT2D eigenvalue weighted by atomic mass is 35.5. The molecule has 0 saturated carbocycles. The van der Waals surface area contributed by atoms with Gasteiger partial charge < -0.3 is 5.11 Å². The van der Waals surface area contributed by atoms with E-state index in [9.17, 15) is 9.90 Å². The molecule has 0 bridgehead atoms. The molecule has 7 heteroatoms. The third-order valence-electron chi connectivity index (χ3n) is 3.84. The molecule has 1 aromatic carbocycles. The Bertz CT molecular complexity index is 938. The van der Waals surface area contributed by atoms with Crippen LogP contribution in [0.3, 0.4) is 0 Å². The lowest BCUT2D eigenvalue weighted by atomic mass is 9.98. The summed E-state index contributed by atoms with van der Waals surface area (Å²) in [4.78, 5) is 11.6. The number of aromatic carboxylic acids is 1. The minimum Gasteiger partial charge on any atom is -0.476 e. The summed E-state index contributed by atoms with van der Waals surface area (Å²) < 4.78 is 1.49. The summed E-state index contributed by atoms with van der Waals surface area (Å²) in [6.07, 6.45) is 6.09. The fourth-order valence-electron chi connectivity index (χ4n) is 2.73. The Hall–Kier alpha value is -2.55. The van der Waals surface area contributed by atoms with Crippen LogP contribution < -0.4 is 0 Å². The topological polar surface area (TPSA) is 78.9 Å².